The zero-order valence-corrected chi connectivity index (χ0v) is 16.0. The van der Waals surface area contributed by atoms with Gasteiger partial charge in [-0.05, 0) is 44.9 Å². The lowest BCUT2D eigenvalue weighted by molar-refractivity contribution is -0.121. The molecular weight excluding hydrogens is 336 g/mol. The molecule has 4 heteroatoms. The second-order valence-electron chi connectivity index (χ2n) is 7.64. The minimum Gasteiger partial charge on any atom is -0.457 e. The van der Waals surface area contributed by atoms with Crippen LogP contribution in [0.15, 0.2) is 48.5 Å². The van der Waals surface area contributed by atoms with Crippen LogP contribution in [0.1, 0.15) is 49.7 Å². The van der Waals surface area contributed by atoms with Crippen molar-refractivity contribution in [3.63, 3.8) is 0 Å². The Bertz CT molecular complexity index is 759. The highest BCUT2D eigenvalue weighted by Gasteiger charge is 2.32. The third kappa shape index (κ3) is 3.86. The van der Waals surface area contributed by atoms with Crippen LogP contribution in [-0.2, 0) is 4.79 Å². The van der Waals surface area contributed by atoms with E-state index in [1.54, 1.807) is 0 Å². The van der Waals surface area contributed by atoms with E-state index < -0.39 is 0 Å². The number of para-hydroxylation sites is 2. The maximum atomic E-state index is 13.1. The van der Waals surface area contributed by atoms with Crippen molar-refractivity contribution in [2.45, 2.75) is 44.6 Å². The first kappa shape index (κ1) is 18.1. The summed E-state index contributed by atoms with van der Waals surface area (Å²) >= 11 is 0. The molecule has 1 fully saturated rings. The molecule has 2 aliphatic heterocycles. The average molecular weight is 364 g/mol. The van der Waals surface area contributed by atoms with Crippen LogP contribution >= 0.6 is 0 Å². The number of fused-ring (bicyclic) bond motifs is 2. The largest absolute Gasteiger partial charge is 0.457 e. The summed E-state index contributed by atoms with van der Waals surface area (Å²) in [5.41, 5.74) is 1.89. The molecule has 1 N–H and O–H groups in total. The normalized spacial score (nSPS) is 19.7. The van der Waals surface area contributed by atoms with E-state index in [4.69, 9.17) is 4.74 Å². The molecule has 4 nitrogen and oxygen atoms in total. The number of ether oxygens (including phenoxy) is 1. The fourth-order valence-corrected chi connectivity index (χ4v) is 4.28. The molecule has 1 amide bonds. The Balaban J connectivity index is 1.41. The number of benzene rings is 2. The van der Waals surface area contributed by atoms with Crippen LogP contribution in [0.2, 0.25) is 0 Å². The molecule has 0 bridgehead atoms. The zero-order valence-electron chi connectivity index (χ0n) is 16.0. The molecule has 1 atom stereocenters. The molecule has 27 heavy (non-hydrogen) atoms. The van der Waals surface area contributed by atoms with Crippen molar-refractivity contribution in [3.8, 4) is 11.5 Å². The molecule has 0 aliphatic carbocycles. The van der Waals surface area contributed by atoms with Crippen molar-refractivity contribution in [2.75, 3.05) is 19.6 Å². The minimum atomic E-state index is -0.305. The molecule has 0 aromatic heterocycles. The Morgan fingerprint density at radius 3 is 2.41 bits per heavy atom. The highest BCUT2D eigenvalue weighted by molar-refractivity contribution is 5.89. The van der Waals surface area contributed by atoms with Crippen molar-refractivity contribution in [3.05, 3.63) is 59.7 Å². The molecule has 1 unspecified atom stereocenters. The molecule has 2 heterocycles. The summed E-state index contributed by atoms with van der Waals surface area (Å²) < 4.78 is 5.99. The number of hydrogen-bond acceptors (Lipinski definition) is 3. The summed E-state index contributed by atoms with van der Waals surface area (Å²) in [4.78, 5) is 15.6. The van der Waals surface area contributed by atoms with Gasteiger partial charge in [-0.25, -0.2) is 0 Å². The van der Waals surface area contributed by atoms with Gasteiger partial charge in [0.05, 0.1) is 5.92 Å². The Kier molecular flexibility index (Phi) is 5.44. The summed E-state index contributed by atoms with van der Waals surface area (Å²) in [6.07, 6.45) is 4.92. The number of nitrogens with zero attached hydrogens (tertiary/aromatic N) is 1. The zero-order chi connectivity index (χ0) is 18.6. The van der Waals surface area contributed by atoms with Gasteiger partial charge in [0, 0.05) is 30.3 Å². The van der Waals surface area contributed by atoms with Crippen molar-refractivity contribution in [1.29, 1.82) is 0 Å². The summed E-state index contributed by atoms with van der Waals surface area (Å²) in [5, 5.41) is 3.17. The van der Waals surface area contributed by atoms with E-state index in [0.717, 1.165) is 35.6 Å². The molecule has 0 spiro atoms. The Labute approximate surface area is 161 Å². The van der Waals surface area contributed by atoms with Crippen LogP contribution in [0.5, 0.6) is 11.5 Å². The topological polar surface area (TPSA) is 41.6 Å². The summed E-state index contributed by atoms with van der Waals surface area (Å²) in [5.74, 6) is 1.31. The first-order chi connectivity index (χ1) is 13.2. The van der Waals surface area contributed by atoms with Gasteiger partial charge in [-0.2, -0.15) is 0 Å². The van der Waals surface area contributed by atoms with Crippen molar-refractivity contribution >= 4 is 5.91 Å². The Morgan fingerprint density at radius 2 is 1.74 bits per heavy atom. The van der Waals surface area contributed by atoms with Crippen LogP contribution in [0.3, 0.4) is 0 Å². The number of amides is 1. The number of nitrogens with one attached hydrogen (secondary N) is 1. The number of piperidine rings is 1. The van der Waals surface area contributed by atoms with Gasteiger partial charge in [0.25, 0.3) is 0 Å². The molecule has 2 aromatic carbocycles. The van der Waals surface area contributed by atoms with Crippen LogP contribution in [0.4, 0.5) is 0 Å². The lowest BCUT2D eigenvalue weighted by Crippen LogP contribution is -2.39. The van der Waals surface area contributed by atoms with Crippen LogP contribution in [-0.4, -0.2) is 36.5 Å². The number of hydrogen-bond donors (Lipinski definition) is 1. The second kappa shape index (κ2) is 8.13. The molecule has 0 saturated carbocycles. The first-order valence-corrected chi connectivity index (χ1v) is 10.1. The maximum Gasteiger partial charge on any atom is 0.232 e. The predicted molar refractivity (Wildman–Crippen MR) is 107 cm³/mol. The van der Waals surface area contributed by atoms with Crippen molar-refractivity contribution in [2.24, 2.45) is 0 Å². The lowest BCUT2D eigenvalue weighted by atomic mass is 9.87. The van der Waals surface area contributed by atoms with E-state index in [0.29, 0.717) is 12.6 Å². The standard InChI is InChI=1S/C23H28N2O2/c1-17-9-6-7-15-25(17)16-8-14-24-23(26)22-18-10-2-4-12-20(18)27-21-13-5-3-11-19(21)22/h2-5,10-13,17,22H,6-9,14-16H2,1H3,(H,24,26). The third-order valence-electron chi connectivity index (χ3n) is 5.80. The van der Waals surface area contributed by atoms with E-state index in [9.17, 15) is 4.79 Å². The number of carbonyl (C=O) groups excluding carboxylic acids is 1. The summed E-state index contributed by atoms with van der Waals surface area (Å²) in [6.45, 7) is 5.27. The molecule has 2 aliphatic rings. The van der Waals surface area contributed by atoms with Crippen LogP contribution in [0.25, 0.3) is 0 Å². The molecule has 4 rings (SSSR count). The van der Waals surface area contributed by atoms with E-state index in [1.807, 2.05) is 48.5 Å². The second-order valence-corrected chi connectivity index (χ2v) is 7.64. The van der Waals surface area contributed by atoms with Gasteiger partial charge in [-0.3, -0.25) is 4.79 Å². The van der Waals surface area contributed by atoms with Gasteiger partial charge in [0.2, 0.25) is 5.91 Å². The van der Waals surface area contributed by atoms with Crippen LogP contribution < -0.4 is 10.1 Å². The Hall–Kier alpha value is -2.33. The van der Waals surface area contributed by atoms with Gasteiger partial charge in [0.15, 0.2) is 0 Å². The SMILES string of the molecule is CC1CCCCN1CCCNC(=O)C1c2ccccc2Oc2ccccc21. The van der Waals surface area contributed by atoms with E-state index >= 15 is 0 Å². The fraction of sp³-hybridized carbons (Fsp3) is 0.435. The van der Waals surface area contributed by atoms with Gasteiger partial charge in [-0.15, -0.1) is 0 Å². The predicted octanol–water partition coefficient (Wildman–Crippen LogP) is 4.30. The molecule has 1 saturated heterocycles. The molecule has 142 valence electrons. The summed E-state index contributed by atoms with van der Waals surface area (Å²) in [6, 6.07) is 16.3. The lowest BCUT2D eigenvalue weighted by Gasteiger charge is -2.33. The Morgan fingerprint density at radius 1 is 1.07 bits per heavy atom. The highest BCUT2D eigenvalue weighted by atomic mass is 16.5. The van der Waals surface area contributed by atoms with Crippen LogP contribution in [0, 0.1) is 0 Å². The van der Waals surface area contributed by atoms with Crippen molar-refractivity contribution < 1.29 is 9.53 Å². The molecular formula is C23H28N2O2. The monoisotopic (exact) mass is 364 g/mol. The third-order valence-corrected chi connectivity index (χ3v) is 5.80. The highest BCUT2D eigenvalue weighted by Crippen LogP contribution is 2.43. The maximum absolute atomic E-state index is 13.1. The van der Waals surface area contributed by atoms with E-state index in [2.05, 4.69) is 17.1 Å². The van der Waals surface area contributed by atoms with Gasteiger partial charge < -0.3 is 15.0 Å². The van der Waals surface area contributed by atoms with E-state index in [-0.39, 0.29) is 11.8 Å². The quantitative estimate of drug-likeness (QED) is 0.804. The average Bonchev–Trinajstić information content (AvgIpc) is 2.70. The fourth-order valence-electron chi connectivity index (χ4n) is 4.28. The van der Waals surface area contributed by atoms with Gasteiger partial charge in [0.1, 0.15) is 11.5 Å². The number of carbonyl (C=O) groups is 1. The number of likely N-dealkylation sites (tertiary alicyclic amines) is 1. The summed E-state index contributed by atoms with van der Waals surface area (Å²) in [7, 11) is 0. The van der Waals surface area contributed by atoms with Gasteiger partial charge in [-0.1, -0.05) is 42.8 Å². The van der Waals surface area contributed by atoms with Crippen molar-refractivity contribution in [1.82, 2.24) is 10.2 Å². The van der Waals surface area contributed by atoms with Gasteiger partial charge >= 0.3 is 0 Å². The van der Waals surface area contributed by atoms with E-state index in [1.165, 1.54) is 25.8 Å². The smallest absolute Gasteiger partial charge is 0.232 e. The first-order valence-electron chi connectivity index (χ1n) is 10.1. The molecule has 2 aromatic rings. The molecule has 0 radical (unpaired) electrons. The minimum absolute atomic E-state index is 0.0601. The number of rotatable bonds is 5.